The summed E-state index contributed by atoms with van der Waals surface area (Å²) in [4.78, 5) is 11.7. The molecule has 0 fully saturated rings. The van der Waals surface area contributed by atoms with E-state index in [1.54, 1.807) is 6.08 Å². The third-order valence-electron chi connectivity index (χ3n) is 2.29. The van der Waals surface area contributed by atoms with Gasteiger partial charge in [0.1, 0.15) is 5.72 Å². The van der Waals surface area contributed by atoms with E-state index in [0.717, 1.165) is 11.1 Å². The Hall–Kier alpha value is -2.23. The summed E-state index contributed by atoms with van der Waals surface area (Å²) in [7, 11) is 0. The molecule has 0 unspecified atom stereocenters. The average molecular weight is 283 g/mol. The lowest BCUT2D eigenvalue weighted by Crippen LogP contribution is -2.30. The fourth-order valence-electron chi connectivity index (χ4n) is 1.43. The van der Waals surface area contributed by atoms with Crippen LogP contribution in [0.2, 0.25) is 0 Å². The molecule has 0 aliphatic carbocycles. The van der Waals surface area contributed by atoms with Crippen molar-refractivity contribution >= 4 is 11.9 Å². The SMILES string of the molecule is CC(C)(N)O.O=C(/C=C/c1ccccc1)c1ccccc1. The Balaban J connectivity index is 0.000000383. The summed E-state index contributed by atoms with van der Waals surface area (Å²) in [6.45, 7) is 3.04. The van der Waals surface area contributed by atoms with Gasteiger partial charge in [-0.25, -0.2) is 0 Å². The van der Waals surface area contributed by atoms with E-state index in [0.29, 0.717) is 0 Å². The molecule has 0 saturated carbocycles. The number of aliphatic hydroxyl groups is 1. The maximum Gasteiger partial charge on any atom is 0.185 e. The third-order valence-corrected chi connectivity index (χ3v) is 2.29. The van der Waals surface area contributed by atoms with Crippen LogP contribution in [0.5, 0.6) is 0 Å². The van der Waals surface area contributed by atoms with E-state index in [1.165, 1.54) is 13.8 Å². The number of carbonyl (C=O) groups excluding carboxylic acids is 1. The molecular formula is C18H21NO2. The lowest BCUT2D eigenvalue weighted by atomic mass is 10.1. The largest absolute Gasteiger partial charge is 0.377 e. The first-order valence-electron chi connectivity index (χ1n) is 6.70. The van der Waals surface area contributed by atoms with E-state index < -0.39 is 5.72 Å². The predicted octanol–water partition coefficient (Wildman–Crippen LogP) is 3.26. The van der Waals surface area contributed by atoms with E-state index in [9.17, 15) is 4.79 Å². The Labute approximate surface area is 125 Å². The number of rotatable bonds is 3. The van der Waals surface area contributed by atoms with Crippen molar-refractivity contribution in [2.24, 2.45) is 5.73 Å². The van der Waals surface area contributed by atoms with Crippen LogP contribution in [-0.4, -0.2) is 16.6 Å². The molecule has 110 valence electrons. The predicted molar refractivity (Wildman–Crippen MR) is 86.7 cm³/mol. The van der Waals surface area contributed by atoms with Crippen LogP contribution in [0.4, 0.5) is 0 Å². The van der Waals surface area contributed by atoms with Crippen LogP contribution in [0.15, 0.2) is 66.7 Å². The van der Waals surface area contributed by atoms with E-state index >= 15 is 0 Å². The van der Waals surface area contributed by atoms with Crippen molar-refractivity contribution in [1.29, 1.82) is 0 Å². The molecule has 2 rings (SSSR count). The van der Waals surface area contributed by atoms with Crippen LogP contribution in [0.25, 0.3) is 6.08 Å². The first-order valence-corrected chi connectivity index (χ1v) is 6.70. The second kappa shape index (κ2) is 8.15. The van der Waals surface area contributed by atoms with Crippen molar-refractivity contribution in [1.82, 2.24) is 0 Å². The molecule has 2 aromatic rings. The molecule has 2 aromatic carbocycles. The van der Waals surface area contributed by atoms with Crippen molar-refractivity contribution in [3.63, 3.8) is 0 Å². The van der Waals surface area contributed by atoms with Gasteiger partial charge in [0, 0.05) is 5.56 Å². The summed E-state index contributed by atoms with van der Waals surface area (Å²) in [5, 5.41) is 8.30. The molecule has 0 bridgehead atoms. The van der Waals surface area contributed by atoms with Gasteiger partial charge in [0.2, 0.25) is 0 Å². The van der Waals surface area contributed by atoms with Gasteiger partial charge in [-0.2, -0.15) is 0 Å². The Morgan fingerprint density at radius 3 is 1.90 bits per heavy atom. The molecule has 0 aliphatic rings. The van der Waals surface area contributed by atoms with E-state index in [1.807, 2.05) is 66.7 Å². The maximum atomic E-state index is 11.7. The molecule has 0 spiro atoms. The second-order valence-corrected chi connectivity index (χ2v) is 5.13. The normalized spacial score (nSPS) is 10.9. The lowest BCUT2D eigenvalue weighted by molar-refractivity contribution is 0.0881. The minimum absolute atomic E-state index is 0.0319. The molecule has 0 aliphatic heterocycles. The minimum atomic E-state index is -1.00. The molecule has 3 nitrogen and oxygen atoms in total. The smallest absolute Gasteiger partial charge is 0.185 e. The average Bonchev–Trinajstić information content (AvgIpc) is 2.45. The zero-order valence-corrected chi connectivity index (χ0v) is 12.4. The first-order chi connectivity index (χ1) is 9.86. The number of carbonyl (C=O) groups is 1. The molecule has 0 atom stereocenters. The lowest BCUT2D eigenvalue weighted by Gasteiger charge is -2.05. The van der Waals surface area contributed by atoms with Gasteiger partial charge in [-0.3, -0.25) is 4.79 Å². The Morgan fingerprint density at radius 2 is 1.43 bits per heavy atom. The fourth-order valence-corrected chi connectivity index (χ4v) is 1.43. The number of hydrogen-bond donors (Lipinski definition) is 2. The molecular weight excluding hydrogens is 262 g/mol. The highest BCUT2D eigenvalue weighted by Gasteiger charge is 1.99. The summed E-state index contributed by atoms with van der Waals surface area (Å²) in [6, 6.07) is 19.1. The van der Waals surface area contributed by atoms with Crippen molar-refractivity contribution in [2.75, 3.05) is 0 Å². The summed E-state index contributed by atoms with van der Waals surface area (Å²) in [5.41, 5.74) is 5.66. The highest BCUT2D eigenvalue weighted by Crippen LogP contribution is 2.05. The summed E-state index contributed by atoms with van der Waals surface area (Å²) in [5.74, 6) is 0.0319. The van der Waals surface area contributed by atoms with Gasteiger partial charge in [0.05, 0.1) is 0 Å². The highest BCUT2D eigenvalue weighted by atomic mass is 16.3. The van der Waals surface area contributed by atoms with Crippen molar-refractivity contribution < 1.29 is 9.90 Å². The molecule has 0 saturated heterocycles. The van der Waals surface area contributed by atoms with Gasteiger partial charge in [0.25, 0.3) is 0 Å². The molecule has 21 heavy (non-hydrogen) atoms. The Kier molecular flexibility index (Phi) is 6.53. The molecule has 0 aromatic heterocycles. The van der Waals surface area contributed by atoms with Gasteiger partial charge in [-0.15, -0.1) is 0 Å². The number of nitrogens with two attached hydrogens (primary N) is 1. The zero-order valence-electron chi connectivity index (χ0n) is 12.4. The van der Waals surface area contributed by atoms with Gasteiger partial charge in [-0.05, 0) is 25.5 Å². The Morgan fingerprint density at radius 1 is 1.00 bits per heavy atom. The molecule has 0 amide bonds. The molecule has 0 heterocycles. The number of hydrogen-bond acceptors (Lipinski definition) is 3. The van der Waals surface area contributed by atoms with E-state index in [2.05, 4.69) is 0 Å². The number of ketones is 1. The van der Waals surface area contributed by atoms with Crippen LogP contribution < -0.4 is 5.73 Å². The van der Waals surface area contributed by atoms with E-state index in [4.69, 9.17) is 10.8 Å². The van der Waals surface area contributed by atoms with Crippen LogP contribution >= 0.6 is 0 Å². The summed E-state index contributed by atoms with van der Waals surface area (Å²) >= 11 is 0. The van der Waals surface area contributed by atoms with Crippen LogP contribution in [0, 0.1) is 0 Å². The highest BCUT2D eigenvalue weighted by molar-refractivity contribution is 6.06. The van der Waals surface area contributed by atoms with E-state index in [-0.39, 0.29) is 5.78 Å². The minimum Gasteiger partial charge on any atom is -0.377 e. The van der Waals surface area contributed by atoms with Crippen LogP contribution in [0.3, 0.4) is 0 Å². The topological polar surface area (TPSA) is 63.3 Å². The monoisotopic (exact) mass is 283 g/mol. The quantitative estimate of drug-likeness (QED) is 0.516. The molecule has 3 heteroatoms. The van der Waals surface area contributed by atoms with Crippen molar-refractivity contribution in [3.05, 3.63) is 77.9 Å². The van der Waals surface area contributed by atoms with Crippen molar-refractivity contribution in [3.8, 4) is 0 Å². The van der Waals surface area contributed by atoms with Gasteiger partial charge in [0.15, 0.2) is 5.78 Å². The number of allylic oxidation sites excluding steroid dienone is 1. The van der Waals surface area contributed by atoms with Crippen LogP contribution in [-0.2, 0) is 0 Å². The first kappa shape index (κ1) is 16.8. The Bertz CT molecular complexity index is 563. The maximum absolute atomic E-state index is 11.7. The molecule has 3 N–H and O–H groups in total. The second-order valence-electron chi connectivity index (χ2n) is 5.13. The molecule has 0 radical (unpaired) electrons. The van der Waals surface area contributed by atoms with Gasteiger partial charge >= 0.3 is 0 Å². The standard InChI is InChI=1S/C15H12O.C3H9NO/c16-15(14-9-5-2-6-10-14)12-11-13-7-3-1-4-8-13;1-3(2,4)5/h1-12H;5H,4H2,1-2H3/b12-11+;. The van der Waals surface area contributed by atoms with Gasteiger partial charge < -0.3 is 10.8 Å². The summed E-state index contributed by atoms with van der Waals surface area (Å²) < 4.78 is 0. The number of benzene rings is 2. The third kappa shape index (κ3) is 8.52. The zero-order chi connectivity index (χ0) is 15.7. The van der Waals surface area contributed by atoms with Crippen molar-refractivity contribution in [2.45, 2.75) is 19.6 Å². The van der Waals surface area contributed by atoms with Crippen LogP contribution in [0.1, 0.15) is 29.8 Å². The summed E-state index contributed by atoms with van der Waals surface area (Å²) in [6.07, 6.45) is 3.43. The fraction of sp³-hybridized carbons (Fsp3) is 0.167. The van der Waals surface area contributed by atoms with Gasteiger partial charge in [-0.1, -0.05) is 66.7 Å².